The lowest BCUT2D eigenvalue weighted by Crippen LogP contribution is -2.29. The highest BCUT2D eigenvalue weighted by Crippen LogP contribution is 2.28. The number of anilines is 2. The molecule has 1 aromatic carbocycles. The second-order valence-corrected chi connectivity index (χ2v) is 7.62. The first-order chi connectivity index (χ1) is 12.3. The third-order valence-electron chi connectivity index (χ3n) is 4.47. The molecule has 2 heterocycles. The van der Waals surface area contributed by atoms with Gasteiger partial charge in [-0.2, -0.15) is 0 Å². The Balaban J connectivity index is 1.75. The molecule has 1 aliphatic rings. The van der Waals surface area contributed by atoms with Crippen LogP contribution in [0.2, 0.25) is 0 Å². The zero-order valence-corrected chi connectivity index (χ0v) is 16.2. The van der Waals surface area contributed by atoms with Crippen LogP contribution in [0.1, 0.15) is 31.7 Å². The summed E-state index contributed by atoms with van der Waals surface area (Å²) in [4.78, 5) is 40.9. The number of amides is 2. The van der Waals surface area contributed by atoms with E-state index in [0.29, 0.717) is 16.9 Å². The maximum Gasteiger partial charge on any atom is 0.271 e. The smallest absolute Gasteiger partial charge is 0.271 e. The summed E-state index contributed by atoms with van der Waals surface area (Å²) in [6.07, 6.45) is 1.63. The van der Waals surface area contributed by atoms with Gasteiger partial charge in [-0.3, -0.25) is 14.4 Å². The Kier molecular flexibility index (Phi) is 5.27. The zero-order valence-electron chi connectivity index (χ0n) is 14.6. The molecule has 136 valence electrons. The first-order valence-corrected chi connectivity index (χ1v) is 9.24. The molecule has 0 radical (unpaired) electrons. The molecule has 3 rings (SSSR count). The van der Waals surface area contributed by atoms with E-state index in [1.807, 2.05) is 24.3 Å². The zero-order chi connectivity index (χ0) is 18.8. The van der Waals surface area contributed by atoms with Crippen molar-refractivity contribution in [2.24, 2.45) is 5.92 Å². The van der Waals surface area contributed by atoms with Gasteiger partial charge in [0.1, 0.15) is 5.69 Å². The van der Waals surface area contributed by atoms with E-state index in [1.165, 1.54) is 12.3 Å². The topological polar surface area (TPSA) is 82.3 Å². The summed E-state index contributed by atoms with van der Waals surface area (Å²) >= 11 is 3.25. The molecule has 26 heavy (non-hydrogen) atoms. The number of H-pyrrole nitrogens is 1. The van der Waals surface area contributed by atoms with Crippen molar-refractivity contribution in [2.75, 3.05) is 16.8 Å². The first-order valence-electron chi connectivity index (χ1n) is 8.44. The molecule has 0 bridgehead atoms. The van der Waals surface area contributed by atoms with Crippen LogP contribution in [0.4, 0.5) is 11.4 Å². The number of nitrogens with one attached hydrogen (secondary N) is 2. The molecule has 1 aromatic heterocycles. The van der Waals surface area contributed by atoms with Crippen molar-refractivity contribution in [3.05, 3.63) is 56.9 Å². The lowest BCUT2D eigenvalue weighted by molar-refractivity contribution is -0.122. The fourth-order valence-electron chi connectivity index (χ4n) is 2.97. The molecule has 1 unspecified atom stereocenters. The van der Waals surface area contributed by atoms with Crippen LogP contribution in [0.3, 0.4) is 0 Å². The summed E-state index contributed by atoms with van der Waals surface area (Å²) in [5, 5.41) is 2.62. The Hall–Kier alpha value is -2.41. The Morgan fingerprint density at radius 1 is 1.31 bits per heavy atom. The molecule has 7 heteroatoms. The summed E-state index contributed by atoms with van der Waals surface area (Å²) in [6, 6.07) is 9.35. The van der Waals surface area contributed by atoms with Crippen LogP contribution in [0, 0.1) is 5.92 Å². The maximum absolute atomic E-state index is 12.5. The Labute approximate surface area is 159 Å². The normalized spacial score (nSPS) is 17.0. The Morgan fingerprint density at radius 3 is 2.81 bits per heavy atom. The van der Waals surface area contributed by atoms with Crippen molar-refractivity contribution < 1.29 is 9.59 Å². The van der Waals surface area contributed by atoms with Crippen molar-refractivity contribution >= 4 is 39.1 Å². The molecule has 2 aromatic rings. The molecule has 0 aliphatic carbocycles. The number of hydrogen-bond acceptors (Lipinski definition) is 3. The van der Waals surface area contributed by atoms with E-state index in [2.05, 4.69) is 40.1 Å². The number of halogens is 1. The number of hydrogen-bond donors (Lipinski definition) is 2. The van der Waals surface area contributed by atoms with Crippen molar-refractivity contribution in [2.45, 2.75) is 26.2 Å². The molecule has 1 fully saturated rings. The second kappa shape index (κ2) is 7.45. The first kappa shape index (κ1) is 18.4. The third kappa shape index (κ3) is 3.88. The summed E-state index contributed by atoms with van der Waals surface area (Å²) in [7, 11) is 0. The molecule has 1 saturated heterocycles. The van der Waals surface area contributed by atoms with Gasteiger partial charge in [-0.15, -0.1) is 0 Å². The largest absolute Gasteiger partial charge is 0.326 e. The monoisotopic (exact) mass is 417 g/mol. The lowest BCUT2D eigenvalue weighted by atomic mass is 10.0. The molecule has 1 atom stereocenters. The van der Waals surface area contributed by atoms with E-state index in [1.54, 1.807) is 4.90 Å². The number of aromatic amines is 1. The van der Waals surface area contributed by atoms with Gasteiger partial charge < -0.3 is 15.2 Å². The fraction of sp³-hybridized carbons (Fsp3) is 0.316. The SMILES string of the molecule is CC(C)c1cccc(N2CC(C(=O)Nc3cc(Br)c[nH]c3=O)CC2=O)c1. The summed E-state index contributed by atoms with van der Waals surface area (Å²) in [5.41, 5.74) is 1.73. The van der Waals surface area contributed by atoms with Gasteiger partial charge in [-0.25, -0.2) is 0 Å². The summed E-state index contributed by atoms with van der Waals surface area (Å²) in [5.74, 6) is -0.558. The van der Waals surface area contributed by atoms with Gasteiger partial charge in [-0.1, -0.05) is 26.0 Å². The van der Waals surface area contributed by atoms with Crippen LogP contribution in [-0.4, -0.2) is 23.3 Å². The van der Waals surface area contributed by atoms with Gasteiger partial charge in [0.25, 0.3) is 5.56 Å². The van der Waals surface area contributed by atoms with Gasteiger partial charge in [-0.05, 0) is 45.6 Å². The molecule has 6 nitrogen and oxygen atoms in total. The number of carbonyl (C=O) groups excluding carboxylic acids is 2. The minimum Gasteiger partial charge on any atom is -0.326 e. The summed E-state index contributed by atoms with van der Waals surface area (Å²) < 4.78 is 0.655. The molecular formula is C19H20BrN3O3. The lowest BCUT2D eigenvalue weighted by Gasteiger charge is -2.18. The highest BCUT2D eigenvalue weighted by Gasteiger charge is 2.35. The van der Waals surface area contributed by atoms with Gasteiger partial charge >= 0.3 is 0 Å². The average molecular weight is 418 g/mol. The number of nitrogens with zero attached hydrogens (tertiary/aromatic N) is 1. The highest BCUT2D eigenvalue weighted by atomic mass is 79.9. The number of carbonyl (C=O) groups is 2. The van der Waals surface area contributed by atoms with Crippen LogP contribution < -0.4 is 15.8 Å². The van der Waals surface area contributed by atoms with Crippen molar-refractivity contribution in [3.63, 3.8) is 0 Å². The van der Waals surface area contributed by atoms with E-state index in [4.69, 9.17) is 0 Å². The third-order valence-corrected chi connectivity index (χ3v) is 4.93. The van der Waals surface area contributed by atoms with Crippen LogP contribution in [0.5, 0.6) is 0 Å². The van der Waals surface area contributed by atoms with Gasteiger partial charge in [0.2, 0.25) is 11.8 Å². The molecule has 2 N–H and O–H groups in total. The van der Waals surface area contributed by atoms with E-state index in [-0.39, 0.29) is 29.5 Å². The second-order valence-electron chi connectivity index (χ2n) is 6.71. The average Bonchev–Trinajstić information content (AvgIpc) is 3.00. The minimum atomic E-state index is -0.497. The van der Waals surface area contributed by atoms with Crippen LogP contribution in [-0.2, 0) is 9.59 Å². The van der Waals surface area contributed by atoms with Crippen LogP contribution >= 0.6 is 15.9 Å². The minimum absolute atomic E-state index is 0.0887. The number of benzene rings is 1. The van der Waals surface area contributed by atoms with E-state index in [0.717, 1.165) is 11.3 Å². The number of rotatable bonds is 4. The van der Waals surface area contributed by atoms with Crippen LogP contribution in [0.25, 0.3) is 0 Å². The quantitative estimate of drug-likeness (QED) is 0.800. The Bertz CT molecular complexity index is 907. The maximum atomic E-state index is 12.5. The Morgan fingerprint density at radius 2 is 2.08 bits per heavy atom. The van der Waals surface area contributed by atoms with Crippen LogP contribution in [0.15, 0.2) is 45.8 Å². The molecule has 0 saturated carbocycles. The highest BCUT2D eigenvalue weighted by molar-refractivity contribution is 9.10. The number of pyridine rings is 1. The van der Waals surface area contributed by atoms with E-state index < -0.39 is 5.92 Å². The summed E-state index contributed by atoms with van der Waals surface area (Å²) in [6.45, 7) is 4.49. The molecule has 0 spiro atoms. The predicted octanol–water partition coefficient (Wildman–Crippen LogP) is 3.25. The molecule has 2 amide bonds. The van der Waals surface area contributed by atoms with E-state index in [9.17, 15) is 14.4 Å². The fourth-order valence-corrected chi connectivity index (χ4v) is 3.31. The standard InChI is InChI=1S/C19H20BrN3O3/c1-11(2)12-4-3-5-15(6-12)23-10-13(7-17(23)24)18(25)22-16-8-14(20)9-21-19(16)26/h3-6,8-9,11,13H,7,10H2,1-2H3,(H,21,26)(H,22,25). The molecule has 1 aliphatic heterocycles. The molecular weight excluding hydrogens is 398 g/mol. The van der Waals surface area contributed by atoms with Gasteiger partial charge in [0, 0.05) is 29.3 Å². The van der Waals surface area contributed by atoms with Gasteiger partial charge in [0.05, 0.1) is 5.92 Å². The van der Waals surface area contributed by atoms with Gasteiger partial charge in [0.15, 0.2) is 0 Å². The van der Waals surface area contributed by atoms with Crippen molar-refractivity contribution in [3.8, 4) is 0 Å². The van der Waals surface area contributed by atoms with Crippen molar-refractivity contribution in [1.82, 2.24) is 4.98 Å². The van der Waals surface area contributed by atoms with E-state index >= 15 is 0 Å². The van der Waals surface area contributed by atoms with Crippen molar-refractivity contribution in [1.29, 1.82) is 0 Å². The predicted molar refractivity (Wildman–Crippen MR) is 104 cm³/mol. The number of aromatic nitrogens is 1.